The van der Waals surface area contributed by atoms with Crippen molar-refractivity contribution in [1.29, 1.82) is 0 Å². The van der Waals surface area contributed by atoms with Gasteiger partial charge < -0.3 is 0 Å². The molecule has 184 valence electrons. The van der Waals surface area contributed by atoms with Gasteiger partial charge in [0.25, 0.3) is 0 Å². The van der Waals surface area contributed by atoms with Crippen molar-refractivity contribution < 1.29 is 0 Å². The Labute approximate surface area is 232 Å². The smallest absolute Gasteiger partial charge is 0.00259 e. The van der Waals surface area contributed by atoms with Crippen LogP contribution in [0.15, 0.2) is 146 Å². The Hall–Kier alpha value is -5.20. The van der Waals surface area contributed by atoms with Crippen molar-refractivity contribution in [2.75, 3.05) is 0 Å². The summed E-state index contributed by atoms with van der Waals surface area (Å²) in [5.41, 5.74) is 5.04. The molecule has 0 radical (unpaired) electrons. The summed E-state index contributed by atoms with van der Waals surface area (Å²) in [6.07, 6.45) is 0. The molecule has 0 heterocycles. The normalized spacial score (nSPS) is 12.0. The molecule has 9 rings (SSSR count). The fourth-order valence-electron chi connectivity index (χ4n) is 6.80. The molecule has 0 aliphatic heterocycles. The van der Waals surface area contributed by atoms with Crippen molar-refractivity contribution >= 4 is 64.6 Å². The molecular formula is C40H24. The predicted molar refractivity (Wildman–Crippen MR) is 174 cm³/mol. The Morgan fingerprint density at radius 1 is 0.225 bits per heavy atom. The Bertz CT molecular complexity index is 2250. The zero-order valence-electron chi connectivity index (χ0n) is 21.9. The van der Waals surface area contributed by atoms with Gasteiger partial charge in [-0.3, -0.25) is 0 Å². The number of benzene rings is 9. The van der Waals surface area contributed by atoms with Crippen LogP contribution in [-0.2, 0) is 0 Å². The first-order valence-corrected chi connectivity index (χ1v) is 13.9. The third-order valence-electron chi connectivity index (χ3n) is 8.70. The van der Waals surface area contributed by atoms with Gasteiger partial charge in [-0.1, -0.05) is 109 Å². The summed E-state index contributed by atoms with van der Waals surface area (Å²) in [5.74, 6) is 0. The van der Waals surface area contributed by atoms with Gasteiger partial charge in [0.05, 0.1) is 0 Å². The second kappa shape index (κ2) is 8.15. The van der Waals surface area contributed by atoms with Crippen LogP contribution >= 0.6 is 0 Å². The lowest BCUT2D eigenvalue weighted by Gasteiger charge is -2.17. The quantitative estimate of drug-likeness (QED) is 0.162. The number of hydrogen-bond acceptors (Lipinski definition) is 0. The van der Waals surface area contributed by atoms with Crippen LogP contribution in [0.25, 0.3) is 86.9 Å². The minimum absolute atomic E-state index is 1.26. The summed E-state index contributed by atoms with van der Waals surface area (Å²) in [6, 6.07) is 54.0. The molecule has 0 aliphatic carbocycles. The van der Waals surface area contributed by atoms with Crippen LogP contribution in [0.2, 0.25) is 0 Å². The van der Waals surface area contributed by atoms with E-state index in [-0.39, 0.29) is 0 Å². The van der Waals surface area contributed by atoms with Crippen molar-refractivity contribution in [2.45, 2.75) is 0 Å². The molecule has 9 aromatic rings. The highest BCUT2D eigenvalue weighted by Crippen LogP contribution is 2.44. The molecule has 0 N–H and O–H groups in total. The van der Waals surface area contributed by atoms with Crippen LogP contribution in [0, 0.1) is 0 Å². The second-order valence-electron chi connectivity index (χ2n) is 11.0. The zero-order valence-corrected chi connectivity index (χ0v) is 21.9. The van der Waals surface area contributed by atoms with Crippen LogP contribution in [0.1, 0.15) is 0 Å². The lowest BCUT2D eigenvalue weighted by atomic mass is 9.86. The van der Waals surface area contributed by atoms with Crippen molar-refractivity contribution in [3.63, 3.8) is 0 Å². The third-order valence-corrected chi connectivity index (χ3v) is 8.70. The van der Waals surface area contributed by atoms with Gasteiger partial charge in [-0.25, -0.2) is 0 Å². The molecular weight excluding hydrogens is 480 g/mol. The van der Waals surface area contributed by atoms with E-state index >= 15 is 0 Å². The number of fused-ring (bicyclic) bond motifs is 4. The Kier molecular flexibility index (Phi) is 4.42. The summed E-state index contributed by atoms with van der Waals surface area (Å²) >= 11 is 0. The summed E-state index contributed by atoms with van der Waals surface area (Å²) < 4.78 is 0. The fraction of sp³-hybridized carbons (Fsp3) is 0. The standard InChI is InChI=1S/C40H24/c1-3-9-27-19-29(17-15-25(27)7-1)33-21-31-11-5-14-36-38-24-34(30-18-16-26-8-2-4-10-28(26)20-30)22-32-12-6-13-35(40(32)38)37(23-33)39(31)36/h1-24H. The Morgan fingerprint density at radius 2 is 0.625 bits per heavy atom. The molecule has 0 amide bonds. The highest BCUT2D eigenvalue weighted by molar-refractivity contribution is 6.34. The molecule has 0 atom stereocenters. The molecule has 9 aromatic carbocycles. The van der Waals surface area contributed by atoms with E-state index in [1.807, 2.05) is 0 Å². The van der Waals surface area contributed by atoms with Crippen LogP contribution in [0.4, 0.5) is 0 Å². The van der Waals surface area contributed by atoms with E-state index in [1.165, 1.54) is 86.9 Å². The minimum Gasteiger partial charge on any atom is -0.0616 e. The molecule has 0 nitrogen and oxygen atoms in total. The Balaban J connectivity index is 1.35. The maximum absolute atomic E-state index is 2.41. The van der Waals surface area contributed by atoms with Crippen LogP contribution < -0.4 is 0 Å². The van der Waals surface area contributed by atoms with Crippen LogP contribution in [-0.4, -0.2) is 0 Å². The zero-order chi connectivity index (χ0) is 26.2. The minimum atomic E-state index is 1.26. The monoisotopic (exact) mass is 504 g/mol. The molecule has 0 unspecified atom stereocenters. The van der Waals surface area contributed by atoms with E-state index in [0.717, 1.165) is 0 Å². The van der Waals surface area contributed by atoms with Gasteiger partial charge in [0.1, 0.15) is 0 Å². The molecule has 40 heavy (non-hydrogen) atoms. The maximum Gasteiger partial charge on any atom is -0.00259 e. The van der Waals surface area contributed by atoms with Crippen LogP contribution in [0.5, 0.6) is 0 Å². The SMILES string of the molecule is c1ccc2cc(-c3cc4cccc5c6cc(-c7ccc8ccccc8c7)cc7cccc(c(c3)c45)c76)ccc2c1. The average molecular weight is 505 g/mol. The first kappa shape index (κ1) is 21.7. The lowest BCUT2D eigenvalue weighted by molar-refractivity contribution is 1.68. The van der Waals surface area contributed by atoms with Gasteiger partial charge in [-0.05, 0) is 123 Å². The van der Waals surface area contributed by atoms with Gasteiger partial charge >= 0.3 is 0 Å². The molecule has 0 saturated carbocycles. The van der Waals surface area contributed by atoms with E-state index in [0.29, 0.717) is 0 Å². The Morgan fingerprint density at radius 3 is 1.10 bits per heavy atom. The number of rotatable bonds is 2. The van der Waals surface area contributed by atoms with E-state index in [9.17, 15) is 0 Å². The largest absolute Gasteiger partial charge is 0.0616 e. The summed E-state index contributed by atoms with van der Waals surface area (Å²) in [7, 11) is 0. The first-order chi connectivity index (χ1) is 19.8. The molecule has 0 fully saturated rings. The van der Waals surface area contributed by atoms with E-state index in [2.05, 4.69) is 146 Å². The molecule has 0 saturated heterocycles. The van der Waals surface area contributed by atoms with E-state index < -0.39 is 0 Å². The molecule has 0 bridgehead atoms. The van der Waals surface area contributed by atoms with Gasteiger partial charge in [-0.15, -0.1) is 0 Å². The first-order valence-electron chi connectivity index (χ1n) is 13.9. The summed E-state index contributed by atoms with van der Waals surface area (Å²) in [6.45, 7) is 0. The fourth-order valence-corrected chi connectivity index (χ4v) is 6.80. The summed E-state index contributed by atoms with van der Waals surface area (Å²) in [5, 5.41) is 15.7. The maximum atomic E-state index is 2.41. The molecule has 0 aromatic heterocycles. The summed E-state index contributed by atoms with van der Waals surface area (Å²) in [4.78, 5) is 0. The molecule has 0 spiro atoms. The number of hydrogen-bond donors (Lipinski definition) is 0. The average Bonchev–Trinajstić information content (AvgIpc) is 3.02. The van der Waals surface area contributed by atoms with Gasteiger partial charge in [0, 0.05) is 0 Å². The van der Waals surface area contributed by atoms with Crippen molar-refractivity contribution in [3.05, 3.63) is 146 Å². The van der Waals surface area contributed by atoms with Crippen molar-refractivity contribution in [1.82, 2.24) is 0 Å². The topological polar surface area (TPSA) is 0 Å². The predicted octanol–water partition coefficient (Wildman–Crippen LogP) is 11.4. The molecule has 0 aliphatic rings. The molecule has 0 heteroatoms. The van der Waals surface area contributed by atoms with Gasteiger partial charge in [-0.2, -0.15) is 0 Å². The third kappa shape index (κ3) is 3.14. The van der Waals surface area contributed by atoms with Crippen molar-refractivity contribution in [3.8, 4) is 22.3 Å². The van der Waals surface area contributed by atoms with Gasteiger partial charge in [0.2, 0.25) is 0 Å². The lowest BCUT2D eigenvalue weighted by Crippen LogP contribution is -1.90. The van der Waals surface area contributed by atoms with Gasteiger partial charge in [0.15, 0.2) is 0 Å². The van der Waals surface area contributed by atoms with Crippen LogP contribution in [0.3, 0.4) is 0 Å². The highest BCUT2D eigenvalue weighted by atomic mass is 14.2. The van der Waals surface area contributed by atoms with E-state index in [4.69, 9.17) is 0 Å². The highest BCUT2D eigenvalue weighted by Gasteiger charge is 2.16. The van der Waals surface area contributed by atoms with Crippen molar-refractivity contribution in [2.24, 2.45) is 0 Å². The van der Waals surface area contributed by atoms with E-state index in [1.54, 1.807) is 0 Å². The second-order valence-corrected chi connectivity index (χ2v) is 11.0.